The lowest BCUT2D eigenvalue weighted by Gasteiger charge is -2.45. The van der Waals surface area contributed by atoms with Crippen molar-refractivity contribution in [1.29, 1.82) is 0 Å². The zero-order valence-corrected chi connectivity index (χ0v) is 21.4. The number of nitrogens with zero attached hydrogens (tertiary/aromatic N) is 2. The molecule has 1 saturated carbocycles. The second kappa shape index (κ2) is 12.1. The fourth-order valence-electron chi connectivity index (χ4n) is 5.99. The van der Waals surface area contributed by atoms with Crippen molar-refractivity contribution in [3.05, 3.63) is 59.9 Å². The van der Waals surface area contributed by atoms with E-state index in [0.29, 0.717) is 23.9 Å². The first-order chi connectivity index (χ1) is 17.4. The van der Waals surface area contributed by atoms with Gasteiger partial charge in [-0.3, -0.25) is 4.90 Å². The molecule has 2 aromatic rings. The Morgan fingerprint density at radius 2 is 1.81 bits per heavy atom. The van der Waals surface area contributed by atoms with Crippen LogP contribution < -0.4 is 15.4 Å². The number of likely N-dealkylation sites (tertiary alicyclic amines) is 1. The standard InChI is InChI=1S/C29H40FN3O3/c1-36-27-9-5-8-26(19-27)33(28(31)34)21-29(35,24-6-3-2-4-7-24)20-32-16-14-23(15-17-32)18-22-10-12-25(30)13-11-22/h5,8-13,19,23-24,35H,2-4,6-7,14-18,20-21H2,1H3,(H2,31,34)/t29-/m1/s1. The van der Waals surface area contributed by atoms with Gasteiger partial charge in [-0.1, -0.05) is 37.5 Å². The Labute approximate surface area is 214 Å². The summed E-state index contributed by atoms with van der Waals surface area (Å²) < 4.78 is 18.6. The van der Waals surface area contributed by atoms with E-state index in [0.717, 1.165) is 58.0 Å². The zero-order valence-electron chi connectivity index (χ0n) is 21.4. The maximum Gasteiger partial charge on any atom is 0.319 e. The lowest BCUT2D eigenvalue weighted by Crippen LogP contribution is -2.58. The van der Waals surface area contributed by atoms with Crippen molar-refractivity contribution in [3.8, 4) is 5.75 Å². The number of methoxy groups -OCH3 is 1. The molecule has 0 spiro atoms. The van der Waals surface area contributed by atoms with Gasteiger partial charge in [-0.15, -0.1) is 0 Å². The monoisotopic (exact) mass is 497 g/mol. The van der Waals surface area contributed by atoms with Gasteiger partial charge in [-0.2, -0.15) is 0 Å². The molecule has 3 N–H and O–H groups in total. The van der Waals surface area contributed by atoms with Crippen LogP contribution in [-0.4, -0.2) is 54.9 Å². The second-order valence-electron chi connectivity index (χ2n) is 10.6. The molecule has 196 valence electrons. The number of amides is 2. The Morgan fingerprint density at radius 1 is 1.11 bits per heavy atom. The first-order valence-corrected chi connectivity index (χ1v) is 13.3. The van der Waals surface area contributed by atoms with E-state index < -0.39 is 11.6 Å². The molecule has 0 radical (unpaired) electrons. The first-order valence-electron chi connectivity index (χ1n) is 13.3. The van der Waals surface area contributed by atoms with Crippen molar-refractivity contribution in [2.24, 2.45) is 17.6 Å². The average molecular weight is 498 g/mol. The third kappa shape index (κ3) is 6.77. The highest BCUT2D eigenvalue weighted by Gasteiger charge is 2.42. The van der Waals surface area contributed by atoms with Crippen LogP contribution in [0.3, 0.4) is 0 Å². The molecule has 2 aliphatic rings. The number of carbonyl (C=O) groups excluding carboxylic acids is 1. The highest BCUT2D eigenvalue weighted by atomic mass is 19.1. The van der Waals surface area contributed by atoms with Crippen LogP contribution in [0.1, 0.15) is 50.5 Å². The third-order valence-electron chi connectivity index (χ3n) is 8.07. The summed E-state index contributed by atoms with van der Waals surface area (Å²) in [6.45, 7) is 2.48. The molecule has 0 unspecified atom stereocenters. The molecule has 7 heteroatoms. The van der Waals surface area contributed by atoms with E-state index in [2.05, 4.69) is 4.90 Å². The van der Waals surface area contributed by atoms with Crippen molar-refractivity contribution in [2.45, 2.75) is 57.0 Å². The van der Waals surface area contributed by atoms with Gasteiger partial charge in [0.25, 0.3) is 0 Å². The van der Waals surface area contributed by atoms with Gasteiger partial charge in [0, 0.05) is 18.3 Å². The second-order valence-corrected chi connectivity index (χ2v) is 10.6. The fraction of sp³-hybridized carbons (Fsp3) is 0.552. The Balaban J connectivity index is 1.45. The minimum absolute atomic E-state index is 0.121. The minimum atomic E-state index is -1.05. The van der Waals surface area contributed by atoms with Crippen LogP contribution in [0.15, 0.2) is 48.5 Å². The molecule has 0 bridgehead atoms. The van der Waals surface area contributed by atoms with Gasteiger partial charge < -0.3 is 20.5 Å². The molecule has 2 fully saturated rings. The lowest BCUT2D eigenvalue weighted by atomic mass is 9.75. The Hall–Kier alpha value is -2.64. The molecule has 1 saturated heterocycles. The largest absolute Gasteiger partial charge is 0.497 e. The topological polar surface area (TPSA) is 79.0 Å². The predicted octanol–water partition coefficient (Wildman–Crippen LogP) is 4.99. The van der Waals surface area contributed by atoms with Crippen LogP contribution in [0.5, 0.6) is 5.75 Å². The summed E-state index contributed by atoms with van der Waals surface area (Å²) in [6.07, 6.45) is 8.33. The van der Waals surface area contributed by atoms with E-state index in [1.165, 1.54) is 29.0 Å². The zero-order chi connectivity index (χ0) is 25.5. The number of β-amino-alcohol motifs (C(OH)–C–C–N with tert-alkyl or cyclic N) is 1. The van der Waals surface area contributed by atoms with Crippen molar-refractivity contribution >= 4 is 11.7 Å². The quantitative estimate of drug-likeness (QED) is 0.512. The molecule has 0 aromatic heterocycles. The number of aliphatic hydroxyl groups is 1. The molecular weight excluding hydrogens is 457 g/mol. The molecule has 1 aliphatic carbocycles. The van der Waals surface area contributed by atoms with Crippen LogP contribution in [0, 0.1) is 17.7 Å². The number of anilines is 1. The Bertz CT molecular complexity index is 988. The maximum atomic E-state index is 13.2. The molecule has 36 heavy (non-hydrogen) atoms. The molecule has 6 nitrogen and oxygen atoms in total. The highest BCUT2D eigenvalue weighted by molar-refractivity contribution is 5.91. The number of hydrogen-bond donors (Lipinski definition) is 2. The summed E-state index contributed by atoms with van der Waals surface area (Å²) in [7, 11) is 1.59. The van der Waals surface area contributed by atoms with Crippen LogP contribution >= 0.6 is 0 Å². The number of benzene rings is 2. The van der Waals surface area contributed by atoms with E-state index in [1.54, 1.807) is 13.2 Å². The summed E-state index contributed by atoms with van der Waals surface area (Å²) in [5, 5.41) is 12.2. The van der Waals surface area contributed by atoms with E-state index in [-0.39, 0.29) is 18.3 Å². The van der Waals surface area contributed by atoms with Crippen molar-refractivity contribution in [1.82, 2.24) is 4.90 Å². The maximum absolute atomic E-state index is 13.2. The summed E-state index contributed by atoms with van der Waals surface area (Å²) >= 11 is 0. The van der Waals surface area contributed by atoms with E-state index >= 15 is 0 Å². The van der Waals surface area contributed by atoms with E-state index in [4.69, 9.17) is 10.5 Å². The molecular formula is C29H40FN3O3. The molecule has 1 atom stereocenters. The number of hydrogen-bond acceptors (Lipinski definition) is 4. The van der Waals surface area contributed by atoms with E-state index in [1.807, 2.05) is 30.3 Å². The van der Waals surface area contributed by atoms with Crippen molar-refractivity contribution in [2.75, 3.05) is 38.2 Å². The predicted molar refractivity (Wildman–Crippen MR) is 141 cm³/mol. The van der Waals surface area contributed by atoms with Crippen LogP contribution in [0.2, 0.25) is 0 Å². The summed E-state index contributed by atoms with van der Waals surface area (Å²) in [6, 6.07) is 13.5. The lowest BCUT2D eigenvalue weighted by molar-refractivity contribution is -0.0555. The normalized spacial score (nSPS) is 19.5. The number of piperidine rings is 1. The highest BCUT2D eigenvalue weighted by Crippen LogP contribution is 2.36. The minimum Gasteiger partial charge on any atom is -0.497 e. The molecule has 4 rings (SSSR count). The Kier molecular flexibility index (Phi) is 8.86. The van der Waals surface area contributed by atoms with E-state index in [9.17, 15) is 14.3 Å². The molecule has 2 aromatic carbocycles. The number of halogens is 1. The van der Waals surface area contributed by atoms with Crippen LogP contribution in [0.25, 0.3) is 0 Å². The van der Waals surface area contributed by atoms with Gasteiger partial charge in [0.05, 0.1) is 19.3 Å². The summed E-state index contributed by atoms with van der Waals surface area (Å²) in [5.74, 6) is 1.11. The number of urea groups is 1. The SMILES string of the molecule is COc1cccc(N(C[C@](O)(CN2CCC(Cc3ccc(F)cc3)CC2)C2CCCCC2)C(N)=O)c1. The van der Waals surface area contributed by atoms with Gasteiger partial charge in [0.2, 0.25) is 0 Å². The van der Waals surface area contributed by atoms with Gasteiger partial charge in [0.15, 0.2) is 0 Å². The van der Waals surface area contributed by atoms with Crippen molar-refractivity contribution < 1.29 is 19.0 Å². The van der Waals surface area contributed by atoms with Crippen molar-refractivity contribution in [3.63, 3.8) is 0 Å². The van der Waals surface area contributed by atoms with Gasteiger partial charge in [-0.05, 0) is 86.9 Å². The molecule has 1 heterocycles. The number of nitrogens with two attached hydrogens (primary N) is 1. The number of ether oxygens (including phenoxy) is 1. The van der Waals surface area contributed by atoms with Gasteiger partial charge in [0.1, 0.15) is 11.6 Å². The van der Waals surface area contributed by atoms with Gasteiger partial charge >= 0.3 is 6.03 Å². The van der Waals surface area contributed by atoms with Gasteiger partial charge in [-0.25, -0.2) is 9.18 Å². The number of carbonyl (C=O) groups is 1. The fourth-order valence-corrected chi connectivity index (χ4v) is 5.99. The number of rotatable bonds is 9. The average Bonchev–Trinajstić information content (AvgIpc) is 2.90. The smallest absolute Gasteiger partial charge is 0.319 e. The molecule has 1 aliphatic heterocycles. The third-order valence-corrected chi connectivity index (χ3v) is 8.07. The first kappa shape index (κ1) is 26.4. The Morgan fingerprint density at radius 3 is 2.44 bits per heavy atom. The van der Waals surface area contributed by atoms with Crippen LogP contribution in [-0.2, 0) is 6.42 Å². The summed E-state index contributed by atoms with van der Waals surface area (Å²) in [5.41, 5.74) is 6.58. The number of primary amides is 1. The molecule has 2 amide bonds. The van der Waals surface area contributed by atoms with Crippen LogP contribution in [0.4, 0.5) is 14.9 Å². The summed E-state index contributed by atoms with van der Waals surface area (Å²) in [4.78, 5) is 16.4.